The Morgan fingerprint density at radius 2 is 1.86 bits per heavy atom. The minimum absolute atomic E-state index is 0. The molecule has 2 aliphatic rings. The molecule has 1 aromatic rings. The van der Waals surface area contributed by atoms with Gasteiger partial charge in [-0.3, -0.25) is 4.90 Å². The van der Waals surface area contributed by atoms with Gasteiger partial charge in [0.05, 0.1) is 5.02 Å². The van der Waals surface area contributed by atoms with Gasteiger partial charge < -0.3 is 5.32 Å². The highest BCUT2D eigenvalue weighted by Gasteiger charge is 2.33. The van der Waals surface area contributed by atoms with E-state index in [4.69, 9.17) is 11.6 Å². The monoisotopic (exact) mass is 354 g/mol. The number of hydrogen-bond acceptors (Lipinski definition) is 2. The van der Waals surface area contributed by atoms with Crippen LogP contribution >= 0.6 is 36.4 Å². The van der Waals surface area contributed by atoms with Gasteiger partial charge in [0.25, 0.3) is 0 Å². The van der Waals surface area contributed by atoms with E-state index in [1.165, 1.54) is 19.3 Å². The first-order valence-electron chi connectivity index (χ1n) is 7.15. The van der Waals surface area contributed by atoms with E-state index < -0.39 is 0 Å². The standard InChI is InChI=1S/C15H20ClFN2.2ClH/c16-13-5-4-12(10-14(13)17)15(11-2-1-3-11)19-8-6-18-7-9-19;;/h4-5,10-11,15,18H,1-3,6-9H2;2*1H/t15-;;/m0../s1. The zero-order valence-electron chi connectivity index (χ0n) is 11.9. The van der Waals surface area contributed by atoms with Crippen LogP contribution in [0.2, 0.25) is 5.02 Å². The Morgan fingerprint density at radius 1 is 1.19 bits per heavy atom. The molecule has 120 valence electrons. The molecule has 1 N–H and O–H groups in total. The van der Waals surface area contributed by atoms with Gasteiger partial charge in [0.15, 0.2) is 0 Å². The van der Waals surface area contributed by atoms with Gasteiger partial charge in [0.2, 0.25) is 0 Å². The van der Waals surface area contributed by atoms with Crippen molar-refractivity contribution < 1.29 is 4.39 Å². The molecule has 0 bridgehead atoms. The maximum absolute atomic E-state index is 13.7. The van der Waals surface area contributed by atoms with Crippen LogP contribution in [0.25, 0.3) is 0 Å². The SMILES string of the molecule is Cl.Cl.Fc1cc([C@H](C2CCC2)N2CCNCC2)ccc1Cl. The first-order valence-corrected chi connectivity index (χ1v) is 7.53. The Labute approximate surface area is 143 Å². The fourth-order valence-corrected chi connectivity index (χ4v) is 3.31. The van der Waals surface area contributed by atoms with Crippen molar-refractivity contribution in [1.82, 2.24) is 10.2 Å². The van der Waals surface area contributed by atoms with E-state index in [9.17, 15) is 4.39 Å². The number of benzene rings is 1. The number of hydrogen-bond donors (Lipinski definition) is 1. The summed E-state index contributed by atoms with van der Waals surface area (Å²) >= 11 is 5.80. The highest BCUT2D eigenvalue weighted by Crippen LogP contribution is 2.41. The quantitative estimate of drug-likeness (QED) is 0.879. The maximum atomic E-state index is 13.7. The number of rotatable bonds is 3. The Hall–Kier alpha value is -0.0600. The van der Waals surface area contributed by atoms with Crippen LogP contribution in [0.15, 0.2) is 18.2 Å². The van der Waals surface area contributed by atoms with Crippen LogP contribution in [0.4, 0.5) is 4.39 Å². The molecule has 21 heavy (non-hydrogen) atoms. The molecular formula is C15H22Cl3FN2. The first kappa shape index (κ1) is 19.0. The Bertz CT molecular complexity index is 449. The molecule has 2 nitrogen and oxygen atoms in total. The van der Waals surface area contributed by atoms with Gasteiger partial charge in [-0.2, -0.15) is 0 Å². The van der Waals surface area contributed by atoms with E-state index in [1.54, 1.807) is 12.1 Å². The predicted molar refractivity (Wildman–Crippen MR) is 90.4 cm³/mol. The van der Waals surface area contributed by atoms with Crippen molar-refractivity contribution in [2.24, 2.45) is 5.92 Å². The summed E-state index contributed by atoms with van der Waals surface area (Å²) in [7, 11) is 0. The van der Waals surface area contributed by atoms with Crippen molar-refractivity contribution in [2.45, 2.75) is 25.3 Å². The molecule has 0 amide bonds. The zero-order valence-corrected chi connectivity index (χ0v) is 14.2. The van der Waals surface area contributed by atoms with Crippen molar-refractivity contribution in [3.8, 4) is 0 Å². The van der Waals surface area contributed by atoms with Crippen molar-refractivity contribution in [3.63, 3.8) is 0 Å². The minimum atomic E-state index is -0.293. The van der Waals surface area contributed by atoms with Crippen LogP contribution in [-0.4, -0.2) is 31.1 Å². The van der Waals surface area contributed by atoms with Crippen LogP contribution in [-0.2, 0) is 0 Å². The molecule has 0 unspecified atom stereocenters. The summed E-state index contributed by atoms with van der Waals surface area (Å²) in [5.74, 6) is 0.386. The summed E-state index contributed by atoms with van der Waals surface area (Å²) in [6, 6.07) is 5.69. The third kappa shape index (κ3) is 4.23. The maximum Gasteiger partial charge on any atom is 0.142 e. The molecule has 1 saturated heterocycles. The van der Waals surface area contributed by atoms with Crippen LogP contribution in [0.1, 0.15) is 30.9 Å². The van der Waals surface area contributed by atoms with E-state index in [2.05, 4.69) is 10.2 Å². The van der Waals surface area contributed by atoms with Crippen LogP contribution < -0.4 is 5.32 Å². The summed E-state index contributed by atoms with van der Waals surface area (Å²) in [4.78, 5) is 2.50. The average Bonchev–Trinajstić information content (AvgIpc) is 2.38. The molecule has 3 rings (SSSR count). The van der Waals surface area contributed by atoms with Gasteiger partial charge in [0.1, 0.15) is 5.82 Å². The fourth-order valence-electron chi connectivity index (χ4n) is 3.19. The third-order valence-corrected chi connectivity index (χ3v) is 4.73. The highest BCUT2D eigenvalue weighted by atomic mass is 35.5. The second kappa shape index (κ2) is 8.54. The third-order valence-electron chi connectivity index (χ3n) is 4.43. The van der Waals surface area contributed by atoms with Gasteiger partial charge in [0, 0.05) is 32.2 Å². The molecular weight excluding hydrogens is 334 g/mol. The summed E-state index contributed by atoms with van der Waals surface area (Å²) in [6.45, 7) is 4.15. The van der Waals surface area contributed by atoms with Crippen LogP contribution in [0.3, 0.4) is 0 Å². The fraction of sp³-hybridized carbons (Fsp3) is 0.600. The van der Waals surface area contributed by atoms with Gasteiger partial charge in [-0.1, -0.05) is 24.1 Å². The molecule has 6 heteroatoms. The van der Waals surface area contributed by atoms with Crippen LogP contribution in [0, 0.1) is 11.7 Å². The number of nitrogens with one attached hydrogen (secondary N) is 1. The zero-order chi connectivity index (χ0) is 13.2. The summed E-state index contributed by atoms with van der Waals surface area (Å²) in [5, 5.41) is 3.60. The van der Waals surface area contributed by atoms with Crippen LogP contribution in [0.5, 0.6) is 0 Å². The van der Waals surface area contributed by atoms with Crippen molar-refractivity contribution in [1.29, 1.82) is 0 Å². The van der Waals surface area contributed by atoms with Crippen molar-refractivity contribution in [2.75, 3.05) is 26.2 Å². The topological polar surface area (TPSA) is 15.3 Å². The normalized spacial score (nSPS) is 20.9. The summed E-state index contributed by atoms with van der Waals surface area (Å²) < 4.78 is 13.7. The van der Waals surface area contributed by atoms with Gasteiger partial charge in [-0.05, 0) is 36.5 Å². The summed E-state index contributed by atoms with van der Waals surface area (Å²) in [6.07, 6.45) is 3.83. The molecule has 0 aromatic heterocycles. The highest BCUT2D eigenvalue weighted by molar-refractivity contribution is 6.30. The number of piperazine rings is 1. The molecule has 1 aliphatic carbocycles. The van der Waals surface area contributed by atoms with Gasteiger partial charge >= 0.3 is 0 Å². The minimum Gasteiger partial charge on any atom is -0.314 e. The average molecular weight is 356 g/mol. The van der Waals surface area contributed by atoms with E-state index in [-0.39, 0.29) is 35.7 Å². The number of halogens is 4. The Kier molecular flexibility index (Phi) is 7.72. The lowest BCUT2D eigenvalue weighted by Gasteiger charge is -2.43. The lowest BCUT2D eigenvalue weighted by Crippen LogP contribution is -2.47. The Morgan fingerprint density at radius 3 is 2.38 bits per heavy atom. The second-order valence-electron chi connectivity index (χ2n) is 5.60. The van der Waals surface area contributed by atoms with Crippen molar-refractivity contribution >= 4 is 36.4 Å². The lowest BCUT2D eigenvalue weighted by molar-refractivity contribution is 0.0835. The predicted octanol–water partition coefficient (Wildman–Crippen LogP) is 4.07. The first-order chi connectivity index (χ1) is 9.25. The smallest absolute Gasteiger partial charge is 0.142 e. The molecule has 1 aliphatic heterocycles. The number of nitrogens with zero attached hydrogens (tertiary/aromatic N) is 1. The molecule has 1 atom stereocenters. The van der Waals surface area contributed by atoms with E-state index in [0.29, 0.717) is 12.0 Å². The molecule has 2 fully saturated rings. The van der Waals surface area contributed by atoms with E-state index in [1.807, 2.05) is 6.07 Å². The molecule has 1 aromatic carbocycles. The summed E-state index contributed by atoms with van der Waals surface area (Å²) in [5.41, 5.74) is 1.09. The van der Waals surface area contributed by atoms with Crippen molar-refractivity contribution in [3.05, 3.63) is 34.6 Å². The lowest BCUT2D eigenvalue weighted by atomic mass is 9.76. The molecule has 1 heterocycles. The van der Waals surface area contributed by atoms with Gasteiger partial charge in [-0.25, -0.2) is 4.39 Å². The Balaban J connectivity index is 0.00000110. The van der Waals surface area contributed by atoms with E-state index >= 15 is 0 Å². The molecule has 0 radical (unpaired) electrons. The van der Waals surface area contributed by atoms with E-state index in [0.717, 1.165) is 31.7 Å². The van der Waals surface area contributed by atoms with Gasteiger partial charge in [-0.15, -0.1) is 24.8 Å². The second-order valence-corrected chi connectivity index (χ2v) is 6.00. The molecule has 0 spiro atoms. The largest absolute Gasteiger partial charge is 0.314 e. The molecule has 1 saturated carbocycles.